The number of carbonyl (C=O) groups is 5. The highest BCUT2D eigenvalue weighted by molar-refractivity contribution is 5.88. The van der Waals surface area contributed by atoms with Crippen molar-refractivity contribution in [1.29, 1.82) is 0 Å². The van der Waals surface area contributed by atoms with Crippen LogP contribution >= 0.6 is 0 Å². The van der Waals surface area contributed by atoms with Crippen LogP contribution in [0.25, 0.3) is 44.8 Å². The van der Waals surface area contributed by atoms with Gasteiger partial charge in [-0.1, -0.05) is 57.0 Å². The van der Waals surface area contributed by atoms with Crippen LogP contribution in [0.15, 0.2) is 61.1 Å². The normalized spacial score (nSPS) is 18.4. The summed E-state index contributed by atoms with van der Waals surface area (Å²) in [5.41, 5.74) is 10.4. The number of alkyl halides is 3. The lowest BCUT2D eigenvalue weighted by Gasteiger charge is -2.36. The SMILES string of the molecule is COC(=O)N(CC(=O)N1CCCC1c1ncc(-c2ccc3nc(-c4ccc(-c5c[nH]c(C6CCCN6C(=O)[C@@](C)(OC(N)=O)C(C)C)n5)cc4)cnc3c2)[nH]1)C1CCCC1.O=C(O)C(F)(F)F. The number of nitrogens with zero attached hydrogens (tertiary/aromatic N) is 7. The largest absolute Gasteiger partial charge is 0.490 e. The molecule has 3 aromatic heterocycles. The Balaban J connectivity index is 0.000000883. The van der Waals surface area contributed by atoms with E-state index < -0.39 is 29.9 Å². The number of carboxylic acid groups (broad SMARTS) is 1. The molecule has 1 aliphatic carbocycles. The third-order valence-corrected chi connectivity index (χ3v) is 12.8. The Kier molecular flexibility index (Phi) is 14.2. The Labute approximate surface area is 383 Å². The number of H-pyrrole nitrogens is 2. The number of imidazole rings is 2. The molecule has 8 rings (SSSR count). The summed E-state index contributed by atoms with van der Waals surface area (Å²) in [5.74, 6) is -2.03. The van der Waals surface area contributed by atoms with E-state index in [1.165, 1.54) is 7.11 Å². The van der Waals surface area contributed by atoms with Gasteiger partial charge in [0.05, 0.1) is 59.7 Å². The molecule has 5 N–H and O–H groups in total. The summed E-state index contributed by atoms with van der Waals surface area (Å²) in [4.78, 5) is 91.6. The summed E-state index contributed by atoms with van der Waals surface area (Å²) >= 11 is 0. The number of amides is 4. The first-order valence-electron chi connectivity index (χ1n) is 22.1. The maximum atomic E-state index is 13.7. The van der Waals surface area contributed by atoms with Crippen molar-refractivity contribution in [3.05, 3.63) is 72.7 Å². The fraction of sp³-hybridized carbons (Fsp3) is 0.457. The molecule has 5 aromatic rings. The van der Waals surface area contributed by atoms with Gasteiger partial charge < -0.3 is 40.1 Å². The predicted molar refractivity (Wildman–Crippen MR) is 236 cm³/mol. The number of primary amides is 1. The van der Waals surface area contributed by atoms with Crippen molar-refractivity contribution in [2.75, 3.05) is 26.7 Å². The Bertz CT molecular complexity index is 2610. The van der Waals surface area contributed by atoms with Crippen LogP contribution in [0.5, 0.6) is 0 Å². The summed E-state index contributed by atoms with van der Waals surface area (Å²) in [6, 6.07) is 13.4. The average molecular weight is 931 g/mol. The Morgan fingerprint density at radius 2 is 1.45 bits per heavy atom. The number of nitrogens with one attached hydrogen (secondary N) is 2. The summed E-state index contributed by atoms with van der Waals surface area (Å²) in [6.07, 6.45) is 5.91. The van der Waals surface area contributed by atoms with Gasteiger partial charge in [-0.15, -0.1) is 0 Å². The van der Waals surface area contributed by atoms with Crippen LogP contribution in [0.1, 0.15) is 95.9 Å². The minimum Gasteiger partial charge on any atom is -0.475 e. The Morgan fingerprint density at radius 1 is 0.836 bits per heavy atom. The van der Waals surface area contributed by atoms with Gasteiger partial charge in [0.15, 0.2) is 5.60 Å². The number of aromatic nitrogens is 6. The molecule has 3 aliphatic rings. The number of methoxy groups -OCH3 is 1. The van der Waals surface area contributed by atoms with Gasteiger partial charge >= 0.3 is 24.3 Å². The number of aliphatic carboxylic acids is 1. The molecule has 2 aromatic carbocycles. The first-order valence-corrected chi connectivity index (χ1v) is 22.1. The number of ether oxygens (including phenoxy) is 2. The lowest BCUT2D eigenvalue weighted by Crippen LogP contribution is -2.53. The molecule has 1 saturated carbocycles. The second kappa shape index (κ2) is 19.8. The summed E-state index contributed by atoms with van der Waals surface area (Å²) in [6.45, 7) is 6.41. The third kappa shape index (κ3) is 10.5. The molecule has 0 bridgehead atoms. The minimum absolute atomic E-state index is 0.00308. The van der Waals surface area contributed by atoms with Gasteiger partial charge in [-0.25, -0.2) is 29.3 Å². The molecular formula is C46H53F3N10O8. The smallest absolute Gasteiger partial charge is 0.475 e. The molecule has 0 spiro atoms. The van der Waals surface area contributed by atoms with Crippen LogP contribution in [-0.4, -0.2) is 124 Å². The van der Waals surface area contributed by atoms with Gasteiger partial charge in [-0.3, -0.25) is 19.5 Å². The van der Waals surface area contributed by atoms with E-state index in [0.717, 1.165) is 96.2 Å². The van der Waals surface area contributed by atoms with E-state index in [0.29, 0.717) is 24.7 Å². The van der Waals surface area contributed by atoms with E-state index in [9.17, 15) is 32.3 Å². The molecule has 356 valence electrons. The van der Waals surface area contributed by atoms with Crippen molar-refractivity contribution >= 4 is 41.0 Å². The number of carboxylic acids is 1. The van der Waals surface area contributed by atoms with Crippen molar-refractivity contribution in [3.63, 3.8) is 0 Å². The number of benzene rings is 2. The number of aromatic amines is 2. The molecule has 3 atom stereocenters. The van der Waals surface area contributed by atoms with E-state index in [1.54, 1.807) is 29.1 Å². The maximum absolute atomic E-state index is 13.7. The van der Waals surface area contributed by atoms with Gasteiger partial charge in [0.25, 0.3) is 5.91 Å². The molecule has 3 fully saturated rings. The van der Waals surface area contributed by atoms with Gasteiger partial charge in [0.1, 0.15) is 18.2 Å². The average Bonchev–Trinajstić information content (AvgIpc) is 4.16. The molecular weight excluding hydrogens is 878 g/mol. The van der Waals surface area contributed by atoms with Gasteiger partial charge in [0.2, 0.25) is 5.91 Å². The Morgan fingerprint density at radius 3 is 2.06 bits per heavy atom. The van der Waals surface area contributed by atoms with Crippen LogP contribution in [0.4, 0.5) is 22.8 Å². The summed E-state index contributed by atoms with van der Waals surface area (Å²) in [7, 11) is 1.36. The van der Waals surface area contributed by atoms with Crippen LogP contribution in [0, 0.1) is 5.92 Å². The highest BCUT2D eigenvalue weighted by Crippen LogP contribution is 2.37. The molecule has 21 heteroatoms. The molecule has 2 aliphatic heterocycles. The Hall–Kier alpha value is -7.06. The van der Waals surface area contributed by atoms with E-state index in [4.69, 9.17) is 45.0 Å². The van der Waals surface area contributed by atoms with Crippen molar-refractivity contribution < 1.29 is 51.7 Å². The lowest BCUT2D eigenvalue weighted by atomic mass is 9.90. The predicted octanol–water partition coefficient (Wildman–Crippen LogP) is 7.56. The summed E-state index contributed by atoms with van der Waals surface area (Å²) in [5, 5.41) is 7.12. The molecule has 2 unspecified atom stereocenters. The van der Waals surface area contributed by atoms with E-state index in [-0.39, 0.29) is 42.4 Å². The van der Waals surface area contributed by atoms with Crippen molar-refractivity contribution in [2.24, 2.45) is 11.7 Å². The van der Waals surface area contributed by atoms with E-state index in [1.807, 2.05) is 67.4 Å². The molecule has 2 saturated heterocycles. The minimum atomic E-state index is -5.08. The van der Waals surface area contributed by atoms with Gasteiger partial charge in [-0.2, -0.15) is 13.2 Å². The third-order valence-electron chi connectivity index (χ3n) is 12.8. The number of nitrogens with two attached hydrogens (primary N) is 1. The molecule has 67 heavy (non-hydrogen) atoms. The van der Waals surface area contributed by atoms with Gasteiger partial charge in [-0.05, 0) is 57.6 Å². The van der Waals surface area contributed by atoms with Crippen LogP contribution in [-0.2, 0) is 23.9 Å². The number of fused-ring (bicyclic) bond motifs is 1. The monoisotopic (exact) mass is 930 g/mol. The molecule has 5 heterocycles. The highest BCUT2D eigenvalue weighted by atomic mass is 19.4. The quantitative estimate of drug-likeness (QED) is 0.100. The van der Waals surface area contributed by atoms with Crippen LogP contribution in [0.3, 0.4) is 0 Å². The fourth-order valence-corrected chi connectivity index (χ4v) is 8.90. The fourth-order valence-electron chi connectivity index (χ4n) is 8.90. The van der Waals surface area contributed by atoms with Gasteiger partial charge in [0, 0.05) is 47.9 Å². The lowest BCUT2D eigenvalue weighted by molar-refractivity contribution is -0.192. The zero-order chi connectivity index (χ0) is 48.2. The number of halogens is 3. The van der Waals surface area contributed by atoms with Crippen molar-refractivity contribution in [3.8, 4) is 33.8 Å². The van der Waals surface area contributed by atoms with E-state index in [2.05, 4.69) is 9.97 Å². The van der Waals surface area contributed by atoms with Crippen LogP contribution in [0.2, 0.25) is 0 Å². The number of hydrogen-bond donors (Lipinski definition) is 4. The van der Waals surface area contributed by atoms with Crippen LogP contribution < -0.4 is 5.73 Å². The standard InChI is InChI=1S/C44H52N10O6.C2HF3O2/c1-26(2)44(3,60-42(45)57)41(56)53-20-8-12-37(53)40-47-23-34(50-40)28-15-13-27(14-16-28)33-22-46-32-21-29(17-18-31(32)49-33)35-24-48-39(51-35)36-11-7-19-52(36)38(55)25-54(43(58)59-4)30-9-5-6-10-30;3-2(4,5)1(6)7/h13-18,21-24,26,30,36-37H,5-12,19-20,25H2,1-4H3,(H2,45,57)(H,47,50)(H,48,51);(H,6,7)/t36?,37?,44-;/m0./s1. The topological polar surface area (TPSA) is 243 Å². The maximum Gasteiger partial charge on any atom is 0.490 e. The molecule has 0 radical (unpaired) electrons. The number of likely N-dealkylation sites (tertiary alicyclic amines) is 2. The van der Waals surface area contributed by atoms with E-state index >= 15 is 0 Å². The zero-order valence-corrected chi connectivity index (χ0v) is 37.5. The number of hydrogen-bond acceptors (Lipinski definition) is 11. The number of carbonyl (C=O) groups excluding carboxylic acids is 4. The van der Waals surface area contributed by atoms with Crippen molar-refractivity contribution in [1.82, 2.24) is 44.6 Å². The highest BCUT2D eigenvalue weighted by Gasteiger charge is 2.47. The number of rotatable bonds is 11. The second-order valence-corrected chi connectivity index (χ2v) is 17.3. The zero-order valence-electron chi connectivity index (χ0n) is 37.5. The second-order valence-electron chi connectivity index (χ2n) is 17.3. The first-order chi connectivity index (χ1) is 31.9. The first kappa shape index (κ1) is 47.9. The van der Waals surface area contributed by atoms with Crippen molar-refractivity contribution in [2.45, 2.75) is 102 Å². The molecule has 18 nitrogen and oxygen atoms in total. The summed E-state index contributed by atoms with van der Waals surface area (Å²) < 4.78 is 42.1. The molecule has 4 amide bonds.